The van der Waals surface area contributed by atoms with Gasteiger partial charge in [-0.3, -0.25) is 13.9 Å². The van der Waals surface area contributed by atoms with Gasteiger partial charge in [0.2, 0.25) is 21.8 Å². The number of carbonyl (C=O) groups is 2. The molecule has 44 heavy (non-hydrogen) atoms. The summed E-state index contributed by atoms with van der Waals surface area (Å²) in [5.41, 5.74) is 3.40. The summed E-state index contributed by atoms with van der Waals surface area (Å²) < 4.78 is 32.3. The molecule has 1 aliphatic rings. The topological polar surface area (TPSA) is 96.0 Å². The van der Waals surface area contributed by atoms with Crippen LogP contribution in [-0.2, 0) is 32.6 Å². The van der Waals surface area contributed by atoms with E-state index in [0.717, 1.165) is 48.6 Å². The van der Waals surface area contributed by atoms with Crippen LogP contribution >= 0.6 is 0 Å². The second kappa shape index (κ2) is 15.7. The third-order valence-electron chi connectivity index (χ3n) is 8.33. The number of sulfonamides is 1. The first-order valence-corrected chi connectivity index (χ1v) is 17.3. The summed E-state index contributed by atoms with van der Waals surface area (Å²) in [5.74, 6) is 0.101. The fourth-order valence-corrected chi connectivity index (χ4v) is 6.86. The van der Waals surface area contributed by atoms with Gasteiger partial charge < -0.3 is 15.0 Å². The Morgan fingerprint density at radius 1 is 0.932 bits per heavy atom. The molecule has 0 aromatic heterocycles. The highest BCUT2D eigenvalue weighted by molar-refractivity contribution is 7.92. The van der Waals surface area contributed by atoms with Gasteiger partial charge in [0.15, 0.2) is 0 Å². The van der Waals surface area contributed by atoms with Gasteiger partial charge in [0.05, 0.1) is 19.1 Å². The van der Waals surface area contributed by atoms with Crippen molar-refractivity contribution in [2.45, 2.75) is 76.9 Å². The van der Waals surface area contributed by atoms with Crippen molar-refractivity contribution in [2.24, 2.45) is 0 Å². The lowest BCUT2D eigenvalue weighted by molar-refractivity contribution is -0.141. The minimum Gasteiger partial charge on any atom is -0.495 e. The number of carbonyl (C=O) groups excluding carboxylic acids is 2. The Balaban J connectivity index is 1.61. The van der Waals surface area contributed by atoms with Crippen molar-refractivity contribution < 1.29 is 22.7 Å². The van der Waals surface area contributed by atoms with Gasteiger partial charge in [-0.2, -0.15) is 0 Å². The van der Waals surface area contributed by atoms with E-state index in [2.05, 4.69) is 5.32 Å². The fourth-order valence-electron chi connectivity index (χ4n) is 5.89. The number of aryl methyl sites for hydroxylation is 1. The Hall–Kier alpha value is -3.85. The van der Waals surface area contributed by atoms with Crippen LogP contribution in [0.15, 0.2) is 78.9 Å². The molecular weight excluding hydrogens is 574 g/mol. The van der Waals surface area contributed by atoms with E-state index in [9.17, 15) is 18.0 Å². The summed E-state index contributed by atoms with van der Waals surface area (Å²) in [7, 11) is -2.15. The zero-order valence-corrected chi connectivity index (χ0v) is 26.9. The van der Waals surface area contributed by atoms with Gasteiger partial charge in [0, 0.05) is 32.0 Å². The smallest absolute Gasteiger partial charge is 0.243 e. The van der Waals surface area contributed by atoms with E-state index in [-0.39, 0.29) is 43.8 Å². The van der Waals surface area contributed by atoms with Crippen LogP contribution in [0, 0.1) is 6.92 Å². The van der Waals surface area contributed by atoms with Crippen LogP contribution in [0.5, 0.6) is 5.75 Å². The monoisotopic (exact) mass is 619 g/mol. The second-order valence-electron chi connectivity index (χ2n) is 11.6. The molecule has 4 rings (SSSR count). The summed E-state index contributed by atoms with van der Waals surface area (Å²) in [6.07, 6.45) is 7.12. The van der Waals surface area contributed by atoms with Crippen molar-refractivity contribution in [3.8, 4) is 5.75 Å². The normalized spacial score (nSPS) is 14.4. The highest BCUT2D eigenvalue weighted by atomic mass is 32.2. The Morgan fingerprint density at radius 3 is 2.27 bits per heavy atom. The molecule has 8 nitrogen and oxygen atoms in total. The highest BCUT2D eigenvalue weighted by Gasteiger charge is 2.32. The second-order valence-corrected chi connectivity index (χ2v) is 13.5. The van der Waals surface area contributed by atoms with Crippen LogP contribution in [0.25, 0.3) is 0 Å². The number of hydrogen-bond acceptors (Lipinski definition) is 5. The SMILES string of the molecule is COc1ccccc1N(CCCC(=O)N(Cc1ccccc1C)[C@H](Cc1ccccc1)C(=O)NC1CCCCC1)S(C)(=O)=O. The number of nitrogens with one attached hydrogen (secondary N) is 1. The molecule has 1 aliphatic carbocycles. The zero-order valence-electron chi connectivity index (χ0n) is 26.1. The molecule has 0 unspecified atom stereocenters. The molecule has 1 saturated carbocycles. The summed E-state index contributed by atoms with van der Waals surface area (Å²) in [6.45, 7) is 2.38. The summed E-state index contributed by atoms with van der Waals surface area (Å²) in [5, 5.41) is 3.27. The number of amides is 2. The number of anilines is 1. The molecule has 0 bridgehead atoms. The maximum atomic E-state index is 14.1. The van der Waals surface area contributed by atoms with E-state index in [4.69, 9.17) is 4.74 Å². The Labute approximate surface area is 262 Å². The Bertz CT molecular complexity index is 1490. The van der Waals surface area contributed by atoms with E-state index >= 15 is 0 Å². The van der Waals surface area contributed by atoms with Crippen molar-refractivity contribution in [3.63, 3.8) is 0 Å². The predicted molar refractivity (Wildman–Crippen MR) is 175 cm³/mol. The first-order chi connectivity index (χ1) is 21.2. The number of ether oxygens (including phenoxy) is 1. The lowest BCUT2D eigenvalue weighted by Crippen LogP contribution is -2.53. The number of hydrogen-bond donors (Lipinski definition) is 1. The van der Waals surface area contributed by atoms with E-state index in [1.165, 1.54) is 17.8 Å². The third-order valence-corrected chi connectivity index (χ3v) is 9.51. The van der Waals surface area contributed by atoms with Crippen molar-refractivity contribution in [3.05, 3.63) is 95.6 Å². The molecule has 3 aromatic carbocycles. The molecule has 3 aromatic rings. The highest BCUT2D eigenvalue weighted by Crippen LogP contribution is 2.30. The number of methoxy groups -OCH3 is 1. The van der Waals surface area contributed by atoms with Gasteiger partial charge in [-0.1, -0.05) is 86.0 Å². The van der Waals surface area contributed by atoms with Crippen LogP contribution in [0.2, 0.25) is 0 Å². The molecule has 236 valence electrons. The largest absolute Gasteiger partial charge is 0.495 e. The standard InChI is InChI=1S/C35H45N3O5S/c1-27-15-10-11-18-29(27)26-37(32(25-28-16-6-4-7-17-28)35(40)36-30-19-8-5-9-20-30)34(39)23-14-24-38(44(3,41)42)31-21-12-13-22-33(31)43-2/h4,6-7,10-13,15-18,21-22,30,32H,5,8-9,14,19-20,23-26H2,1-3H3,(H,36,40)/t32-/m1/s1. The van der Waals surface area contributed by atoms with E-state index in [1.54, 1.807) is 29.2 Å². The molecule has 0 radical (unpaired) electrons. The van der Waals surface area contributed by atoms with Crippen molar-refractivity contribution in [1.82, 2.24) is 10.2 Å². The Morgan fingerprint density at radius 2 is 1.59 bits per heavy atom. The first kappa shape index (κ1) is 33.1. The van der Waals surface area contributed by atoms with Crippen LogP contribution in [0.3, 0.4) is 0 Å². The molecular formula is C35H45N3O5S. The number of rotatable bonds is 14. The molecule has 0 spiro atoms. The van der Waals surface area contributed by atoms with Crippen LogP contribution < -0.4 is 14.4 Å². The molecule has 1 N–H and O–H groups in total. The van der Waals surface area contributed by atoms with Crippen LogP contribution in [-0.4, -0.2) is 57.1 Å². The average Bonchev–Trinajstić information content (AvgIpc) is 3.02. The molecule has 2 amide bonds. The lowest BCUT2D eigenvalue weighted by atomic mass is 9.94. The van der Waals surface area contributed by atoms with Crippen LogP contribution in [0.4, 0.5) is 5.69 Å². The molecule has 1 fully saturated rings. The summed E-state index contributed by atoms with van der Waals surface area (Å²) in [6, 6.07) is 24.0. The molecule has 1 atom stereocenters. The van der Waals surface area contributed by atoms with Gasteiger partial charge >= 0.3 is 0 Å². The van der Waals surface area contributed by atoms with E-state index in [0.29, 0.717) is 17.9 Å². The van der Waals surface area contributed by atoms with Crippen LogP contribution in [0.1, 0.15) is 61.6 Å². The maximum absolute atomic E-state index is 14.1. The Kier molecular flexibility index (Phi) is 11.8. The number of benzene rings is 3. The minimum atomic E-state index is -3.65. The minimum absolute atomic E-state index is 0.0784. The van der Waals surface area contributed by atoms with Gasteiger partial charge in [-0.25, -0.2) is 8.42 Å². The zero-order chi connectivity index (χ0) is 31.5. The van der Waals surface area contributed by atoms with Crippen molar-refractivity contribution >= 4 is 27.5 Å². The quantitative estimate of drug-likeness (QED) is 0.252. The fraction of sp³-hybridized carbons (Fsp3) is 0.429. The molecule has 0 heterocycles. The van der Waals surface area contributed by atoms with Gasteiger partial charge in [-0.15, -0.1) is 0 Å². The molecule has 0 aliphatic heterocycles. The maximum Gasteiger partial charge on any atom is 0.243 e. The summed E-state index contributed by atoms with van der Waals surface area (Å²) in [4.78, 5) is 29.8. The van der Waals surface area contributed by atoms with Gasteiger partial charge in [0.1, 0.15) is 11.8 Å². The van der Waals surface area contributed by atoms with Gasteiger partial charge in [0.25, 0.3) is 0 Å². The van der Waals surface area contributed by atoms with E-state index in [1.807, 2.05) is 61.5 Å². The van der Waals surface area contributed by atoms with Crippen molar-refractivity contribution in [1.29, 1.82) is 0 Å². The third kappa shape index (κ3) is 9.08. The lowest BCUT2D eigenvalue weighted by Gasteiger charge is -2.34. The van der Waals surface area contributed by atoms with Crippen molar-refractivity contribution in [2.75, 3.05) is 24.2 Å². The van der Waals surface area contributed by atoms with E-state index < -0.39 is 16.1 Å². The first-order valence-electron chi connectivity index (χ1n) is 15.5. The average molecular weight is 620 g/mol. The number of nitrogens with zero attached hydrogens (tertiary/aromatic N) is 2. The predicted octanol–water partition coefficient (Wildman–Crippen LogP) is 5.64. The summed E-state index contributed by atoms with van der Waals surface area (Å²) >= 11 is 0. The van der Waals surface area contributed by atoms with Gasteiger partial charge in [-0.05, 0) is 55.0 Å². The molecule has 9 heteroatoms. The number of para-hydroxylation sites is 2. The molecule has 0 saturated heterocycles.